The first kappa shape index (κ1) is 35.7. The van der Waals surface area contributed by atoms with Crippen molar-refractivity contribution >= 4 is 31.6 Å². The van der Waals surface area contributed by atoms with Gasteiger partial charge in [0, 0.05) is 5.56 Å². The summed E-state index contributed by atoms with van der Waals surface area (Å²) in [5.74, 6) is 5.30. The summed E-state index contributed by atoms with van der Waals surface area (Å²) in [5, 5.41) is 0. The molecule has 5 rings (SSSR count). The lowest BCUT2D eigenvalue weighted by molar-refractivity contribution is -0.0613. The maximum absolute atomic E-state index is 13.8. The first-order valence-corrected chi connectivity index (χ1v) is 22.1. The fourth-order valence-corrected chi connectivity index (χ4v) is 12.5. The minimum absolute atomic E-state index is 0.131. The van der Waals surface area contributed by atoms with Crippen LogP contribution in [0.3, 0.4) is 0 Å². The molecule has 1 aromatic rings. The van der Waals surface area contributed by atoms with Crippen molar-refractivity contribution in [2.75, 3.05) is 6.61 Å². The molecule has 4 aliphatic carbocycles. The highest BCUT2D eigenvalue weighted by atomic mass is 28.3. The Kier molecular flexibility index (Phi) is 11.8. The summed E-state index contributed by atoms with van der Waals surface area (Å²) in [4.78, 5) is 13.8. The van der Waals surface area contributed by atoms with Crippen LogP contribution in [0.1, 0.15) is 128 Å². The van der Waals surface area contributed by atoms with Crippen molar-refractivity contribution in [3.63, 3.8) is 0 Å². The zero-order chi connectivity index (χ0) is 33.1. The van der Waals surface area contributed by atoms with Crippen LogP contribution in [0.5, 0.6) is 5.75 Å². The van der Waals surface area contributed by atoms with E-state index in [-0.39, 0.29) is 17.5 Å². The van der Waals surface area contributed by atoms with E-state index in [0.717, 1.165) is 77.4 Å². The highest BCUT2D eigenvalue weighted by molar-refractivity contribution is 6.54. The molecule has 0 amide bonds. The van der Waals surface area contributed by atoms with Gasteiger partial charge in [0.15, 0.2) is 9.04 Å². The molecule has 3 fully saturated rings. The van der Waals surface area contributed by atoms with E-state index in [9.17, 15) is 4.79 Å². The molecule has 0 aromatic heterocycles. The van der Waals surface area contributed by atoms with E-state index >= 15 is 0 Å². The molecule has 0 spiro atoms. The second-order valence-electron chi connectivity index (χ2n) is 16.5. The van der Waals surface area contributed by atoms with Crippen LogP contribution in [0.4, 0.5) is 0 Å². The topological polar surface area (TPSA) is 44.8 Å². The number of benzene rings is 1. The van der Waals surface area contributed by atoms with Crippen LogP contribution in [-0.2, 0) is 8.85 Å². The van der Waals surface area contributed by atoms with Crippen LogP contribution in [0.15, 0.2) is 36.4 Å². The second-order valence-corrected chi connectivity index (χ2v) is 20.5. The molecule has 46 heavy (non-hydrogen) atoms. The molecule has 0 aliphatic heterocycles. The Labute approximate surface area is 285 Å². The SMILES string of the molecule is C=Cc1c(OCCC[SiH](C)O[SiH3])cccc1C(=O)OC1CCC[C@@]2(C)C1=CCC1C2CC[C@@]2(C)C1CC[C@@H]2[C@H](C)CCCC(C)C. The van der Waals surface area contributed by atoms with Crippen LogP contribution in [0.25, 0.3) is 6.08 Å². The Balaban J connectivity index is 1.28. The van der Waals surface area contributed by atoms with Crippen LogP contribution in [-0.4, -0.2) is 38.2 Å². The Hall–Kier alpha value is -1.64. The van der Waals surface area contributed by atoms with Gasteiger partial charge in [0.1, 0.15) is 22.3 Å². The van der Waals surface area contributed by atoms with E-state index in [1.807, 2.05) is 18.2 Å². The third kappa shape index (κ3) is 7.20. The summed E-state index contributed by atoms with van der Waals surface area (Å²) in [5.41, 5.74) is 3.34. The van der Waals surface area contributed by atoms with Gasteiger partial charge in [0.05, 0.1) is 12.2 Å². The molecule has 256 valence electrons. The number of esters is 1. The Morgan fingerprint density at radius 3 is 2.63 bits per heavy atom. The molecule has 0 bridgehead atoms. The monoisotopic (exact) mass is 664 g/mol. The summed E-state index contributed by atoms with van der Waals surface area (Å²) in [6.45, 7) is 19.4. The molecule has 3 saturated carbocycles. The van der Waals surface area contributed by atoms with Crippen LogP contribution in [0, 0.1) is 46.3 Å². The molecule has 5 unspecified atom stereocenters. The maximum atomic E-state index is 13.8. The van der Waals surface area contributed by atoms with E-state index in [2.05, 4.69) is 53.8 Å². The molecular formula is C40H64O4Si2. The van der Waals surface area contributed by atoms with E-state index in [4.69, 9.17) is 13.6 Å². The summed E-state index contributed by atoms with van der Waals surface area (Å²) in [7, 11) is -0.230. The zero-order valence-electron chi connectivity index (χ0n) is 30.2. The Morgan fingerprint density at radius 2 is 1.89 bits per heavy atom. The lowest BCUT2D eigenvalue weighted by Gasteiger charge is -2.58. The lowest BCUT2D eigenvalue weighted by Crippen LogP contribution is -2.52. The minimum Gasteiger partial charge on any atom is -0.493 e. The normalized spacial score (nSPS) is 33.4. The number of ether oxygens (including phenoxy) is 2. The average molecular weight is 665 g/mol. The number of allylic oxidation sites excluding steroid dienone is 1. The highest BCUT2D eigenvalue weighted by Crippen LogP contribution is 2.67. The van der Waals surface area contributed by atoms with E-state index < -0.39 is 9.04 Å². The van der Waals surface area contributed by atoms with Gasteiger partial charge in [0.25, 0.3) is 0 Å². The molecular weight excluding hydrogens is 601 g/mol. The summed E-state index contributed by atoms with van der Waals surface area (Å²) < 4.78 is 18.2. The zero-order valence-corrected chi connectivity index (χ0v) is 33.4. The number of rotatable bonds is 14. The predicted molar refractivity (Wildman–Crippen MR) is 198 cm³/mol. The van der Waals surface area contributed by atoms with Crippen molar-refractivity contribution in [1.29, 1.82) is 0 Å². The van der Waals surface area contributed by atoms with Crippen LogP contribution in [0.2, 0.25) is 12.6 Å². The fraction of sp³-hybridized carbons (Fsp3) is 0.725. The lowest BCUT2D eigenvalue weighted by atomic mass is 9.46. The molecule has 4 aliphatic rings. The minimum atomic E-state index is -1.04. The van der Waals surface area contributed by atoms with Crippen molar-refractivity contribution < 1.29 is 18.4 Å². The van der Waals surface area contributed by atoms with Gasteiger partial charge in [-0.25, -0.2) is 4.79 Å². The molecule has 9 atom stereocenters. The van der Waals surface area contributed by atoms with Gasteiger partial charge >= 0.3 is 5.97 Å². The summed E-state index contributed by atoms with van der Waals surface area (Å²) >= 11 is 0. The molecule has 4 nitrogen and oxygen atoms in total. The van der Waals surface area contributed by atoms with Crippen LogP contribution < -0.4 is 4.74 Å². The van der Waals surface area contributed by atoms with Crippen LogP contribution >= 0.6 is 0 Å². The van der Waals surface area contributed by atoms with Crippen molar-refractivity contribution in [3.05, 3.63) is 47.6 Å². The van der Waals surface area contributed by atoms with Gasteiger partial charge < -0.3 is 13.6 Å². The molecule has 0 saturated heterocycles. The van der Waals surface area contributed by atoms with Crippen molar-refractivity contribution in [2.24, 2.45) is 46.3 Å². The predicted octanol–water partition coefficient (Wildman–Crippen LogP) is 9.32. The van der Waals surface area contributed by atoms with Gasteiger partial charge in [0.2, 0.25) is 0 Å². The van der Waals surface area contributed by atoms with E-state index in [0.29, 0.717) is 29.3 Å². The molecule has 6 heteroatoms. The largest absolute Gasteiger partial charge is 0.493 e. The van der Waals surface area contributed by atoms with E-state index in [1.54, 1.807) is 6.08 Å². The first-order chi connectivity index (χ1) is 22.0. The Bertz CT molecular complexity index is 1240. The number of fused-ring (bicyclic) bond motifs is 5. The van der Waals surface area contributed by atoms with Gasteiger partial charge in [-0.3, -0.25) is 0 Å². The number of carbonyl (C=O) groups excluding carboxylic acids is 1. The number of carbonyl (C=O) groups is 1. The van der Waals surface area contributed by atoms with Gasteiger partial charge in [-0.1, -0.05) is 78.7 Å². The summed E-state index contributed by atoms with van der Waals surface area (Å²) in [6.07, 6.45) is 19.2. The maximum Gasteiger partial charge on any atom is 0.339 e. The Morgan fingerprint density at radius 1 is 1.09 bits per heavy atom. The number of hydrogen-bond donors (Lipinski definition) is 0. The average Bonchev–Trinajstić information content (AvgIpc) is 3.39. The number of hydrogen-bond acceptors (Lipinski definition) is 4. The molecule has 1 aromatic carbocycles. The molecule has 0 radical (unpaired) electrons. The first-order valence-electron chi connectivity index (χ1n) is 18.9. The van der Waals surface area contributed by atoms with Crippen molar-refractivity contribution in [3.8, 4) is 5.75 Å². The van der Waals surface area contributed by atoms with Crippen molar-refractivity contribution in [2.45, 2.75) is 130 Å². The highest BCUT2D eigenvalue weighted by Gasteiger charge is 2.59. The summed E-state index contributed by atoms with van der Waals surface area (Å²) in [6, 6.07) is 6.82. The van der Waals surface area contributed by atoms with Gasteiger partial charge in [-0.05, 0) is 134 Å². The van der Waals surface area contributed by atoms with Crippen molar-refractivity contribution in [1.82, 2.24) is 0 Å². The second kappa shape index (κ2) is 15.3. The smallest absolute Gasteiger partial charge is 0.339 e. The van der Waals surface area contributed by atoms with E-state index in [1.165, 1.54) is 56.9 Å². The van der Waals surface area contributed by atoms with Gasteiger partial charge in [-0.15, -0.1) is 0 Å². The third-order valence-electron chi connectivity index (χ3n) is 13.4. The molecule has 0 heterocycles. The quantitative estimate of drug-likeness (QED) is 0.0861. The molecule has 0 N–H and O–H groups in total. The standard InChI is InChI=1S/C40H64O4Si2/c1-8-29-30(15-10-16-36(29)42-25-12-26-46(7)44-45)38(41)43-37-17-11-23-39(5)34-22-24-40(6)32(28(4)14-9-13-27(2)3)20-21-33(40)31(34)18-19-35(37)39/h8,10,15-16,19,27-28,31-34,37,46H,1,9,11-14,17-18,20-26H2,2-7,45H3/t28-,31?,32-,33?,34?,37?,39-,40-,46?/m1/s1. The fourth-order valence-electron chi connectivity index (χ4n) is 10.8. The van der Waals surface area contributed by atoms with Gasteiger partial charge in [-0.2, -0.15) is 0 Å². The third-order valence-corrected chi connectivity index (χ3v) is 17.8.